The normalized spacial score (nSPS) is 15.1. The Morgan fingerprint density at radius 2 is 2.03 bits per heavy atom. The number of fused-ring (bicyclic) bond motifs is 3. The highest BCUT2D eigenvalue weighted by Gasteiger charge is 2.22. The first-order valence-corrected chi connectivity index (χ1v) is 10.6. The molecule has 0 saturated carbocycles. The highest BCUT2D eigenvalue weighted by molar-refractivity contribution is 6.31. The number of hydrogen-bond donors (Lipinski definition) is 3. The number of aromatic nitrogens is 1. The molecule has 1 amide bonds. The van der Waals surface area contributed by atoms with Gasteiger partial charge in [0.05, 0.1) is 5.69 Å². The summed E-state index contributed by atoms with van der Waals surface area (Å²) in [7, 11) is 0. The molecule has 0 fully saturated rings. The number of aliphatic hydroxyl groups excluding tert-OH is 1. The lowest BCUT2D eigenvalue weighted by Gasteiger charge is -2.28. The SMILES string of the molecule is CC(=O)Nc1cc(Cl)ccc1OC(O)CCN1CCc2[nH]c3ccc(Cl)cc3c2C1. The number of aromatic amines is 1. The van der Waals surface area contributed by atoms with Crippen molar-refractivity contribution in [3.8, 4) is 5.75 Å². The molecule has 1 aliphatic rings. The summed E-state index contributed by atoms with van der Waals surface area (Å²) >= 11 is 12.2. The van der Waals surface area contributed by atoms with Crippen LogP contribution in [-0.4, -0.2) is 40.3 Å². The fourth-order valence-electron chi connectivity index (χ4n) is 3.82. The van der Waals surface area contributed by atoms with Gasteiger partial charge in [0.1, 0.15) is 5.75 Å². The van der Waals surface area contributed by atoms with Crippen LogP contribution in [0.3, 0.4) is 0 Å². The van der Waals surface area contributed by atoms with E-state index in [4.69, 9.17) is 27.9 Å². The zero-order chi connectivity index (χ0) is 21.3. The van der Waals surface area contributed by atoms with Crippen LogP contribution in [0.2, 0.25) is 10.0 Å². The van der Waals surface area contributed by atoms with Crippen molar-refractivity contribution in [1.29, 1.82) is 0 Å². The Balaban J connectivity index is 1.38. The number of carbonyl (C=O) groups excluding carboxylic acids is 1. The van der Waals surface area contributed by atoms with Crippen LogP contribution in [0.25, 0.3) is 10.9 Å². The van der Waals surface area contributed by atoms with Crippen LogP contribution in [0, 0.1) is 0 Å². The van der Waals surface area contributed by atoms with Gasteiger partial charge in [-0.1, -0.05) is 23.2 Å². The number of halogens is 2. The molecule has 1 atom stereocenters. The smallest absolute Gasteiger partial charge is 0.221 e. The topological polar surface area (TPSA) is 77.6 Å². The van der Waals surface area contributed by atoms with Gasteiger partial charge in [0, 0.05) is 66.0 Å². The van der Waals surface area contributed by atoms with E-state index >= 15 is 0 Å². The van der Waals surface area contributed by atoms with Crippen molar-refractivity contribution < 1.29 is 14.6 Å². The average molecular weight is 448 g/mol. The number of hydrogen-bond acceptors (Lipinski definition) is 4. The standard InChI is InChI=1S/C22H23Cl2N3O3/c1-13(28)25-20-11-15(24)3-5-21(20)30-22(29)7-9-27-8-6-19-17(12-27)16-10-14(23)2-4-18(16)26-19/h2-5,10-11,22,26,29H,6-9,12H2,1H3,(H,25,28). The first-order chi connectivity index (χ1) is 14.4. The molecule has 30 heavy (non-hydrogen) atoms. The maximum Gasteiger partial charge on any atom is 0.221 e. The predicted molar refractivity (Wildman–Crippen MR) is 119 cm³/mol. The van der Waals surface area contributed by atoms with E-state index in [1.165, 1.54) is 18.2 Å². The molecule has 3 N–H and O–H groups in total. The van der Waals surface area contributed by atoms with Gasteiger partial charge in [0.2, 0.25) is 5.91 Å². The third kappa shape index (κ3) is 4.73. The molecule has 4 rings (SSSR count). The van der Waals surface area contributed by atoms with Crippen molar-refractivity contribution in [1.82, 2.24) is 9.88 Å². The van der Waals surface area contributed by atoms with Gasteiger partial charge in [-0.15, -0.1) is 0 Å². The molecule has 0 saturated heterocycles. The van der Waals surface area contributed by atoms with E-state index in [1.54, 1.807) is 18.2 Å². The minimum Gasteiger partial charge on any atom is -0.463 e. The average Bonchev–Trinajstić information content (AvgIpc) is 3.05. The third-order valence-corrected chi connectivity index (χ3v) is 5.69. The summed E-state index contributed by atoms with van der Waals surface area (Å²) in [5.74, 6) is 0.147. The van der Waals surface area contributed by atoms with E-state index in [-0.39, 0.29) is 5.91 Å². The molecular formula is C22H23Cl2N3O3. The molecule has 1 aromatic heterocycles. The molecule has 2 heterocycles. The van der Waals surface area contributed by atoms with Crippen molar-refractivity contribution in [2.75, 3.05) is 18.4 Å². The molecule has 3 aromatic rings. The van der Waals surface area contributed by atoms with Crippen molar-refractivity contribution in [2.24, 2.45) is 0 Å². The number of anilines is 1. The zero-order valence-electron chi connectivity index (χ0n) is 16.5. The molecule has 0 bridgehead atoms. The van der Waals surface area contributed by atoms with Crippen LogP contribution in [0.15, 0.2) is 36.4 Å². The Labute approximate surface area is 184 Å². The fourth-order valence-corrected chi connectivity index (χ4v) is 4.17. The van der Waals surface area contributed by atoms with Crippen LogP contribution in [0.5, 0.6) is 5.75 Å². The second-order valence-corrected chi connectivity index (χ2v) is 8.35. The summed E-state index contributed by atoms with van der Waals surface area (Å²) in [5, 5.41) is 15.4. The minimum atomic E-state index is -1.00. The Morgan fingerprint density at radius 3 is 2.83 bits per heavy atom. The van der Waals surface area contributed by atoms with Crippen molar-refractivity contribution >= 4 is 45.7 Å². The number of H-pyrrole nitrogens is 1. The van der Waals surface area contributed by atoms with Crippen LogP contribution in [0.4, 0.5) is 5.69 Å². The van der Waals surface area contributed by atoms with E-state index in [0.717, 1.165) is 35.4 Å². The molecule has 1 unspecified atom stereocenters. The van der Waals surface area contributed by atoms with E-state index in [9.17, 15) is 9.90 Å². The van der Waals surface area contributed by atoms with Gasteiger partial charge in [0.15, 0.2) is 6.29 Å². The van der Waals surface area contributed by atoms with E-state index in [0.29, 0.717) is 29.4 Å². The lowest BCUT2D eigenvalue weighted by atomic mass is 10.0. The van der Waals surface area contributed by atoms with Gasteiger partial charge in [0.25, 0.3) is 0 Å². The monoisotopic (exact) mass is 447 g/mol. The predicted octanol–water partition coefficient (Wildman–Crippen LogP) is 4.58. The number of benzene rings is 2. The largest absolute Gasteiger partial charge is 0.463 e. The van der Waals surface area contributed by atoms with Gasteiger partial charge in [-0.2, -0.15) is 0 Å². The summed E-state index contributed by atoms with van der Waals surface area (Å²) in [5.41, 5.74) is 4.05. The lowest BCUT2D eigenvalue weighted by molar-refractivity contribution is -0.114. The third-order valence-electron chi connectivity index (χ3n) is 5.22. The maximum atomic E-state index is 11.4. The first-order valence-electron chi connectivity index (χ1n) is 9.82. The van der Waals surface area contributed by atoms with E-state index < -0.39 is 6.29 Å². The van der Waals surface area contributed by atoms with E-state index in [1.807, 2.05) is 18.2 Å². The number of amides is 1. The van der Waals surface area contributed by atoms with Crippen molar-refractivity contribution in [3.63, 3.8) is 0 Å². The van der Waals surface area contributed by atoms with Gasteiger partial charge in [-0.25, -0.2) is 0 Å². The summed E-state index contributed by atoms with van der Waals surface area (Å²) in [4.78, 5) is 17.2. The van der Waals surface area contributed by atoms with Crippen molar-refractivity contribution in [3.05, 3.63) is 57.7 Å². The van der Waals surface area contributed by atoms with Crippen LogP contribution in [-0.2, 0) is 17.8 Å². The number of carbonyl (C=O) groups is 1. The summed E-state index contributed by atoms with van der Waals surface area (Å²) in [6.45, 7) is 3.78. The molecular weight excluding hydrogens is 425 g/mol. The Bertz CT molecular complexity index is 1080. The first kappa shape index (κ1) is 21.0. The van der Waals surface area contributed by atoms with Crippen LogP contribution < -0.4 is 10.1 Å². The zero-order valence-corrected chi connectivity index (χ0v) is 18.1. The highest BCUT2D eigenvalue weighted by Crippen LogP contribution is 2.31. The number of nitrogens with one attached hydrogen (secondary N) is 2. The Kier molecular flexibility index (Phi) is 6.20. The molecule has 0 aliphatic carbocycles. The summed E-state index contributed by atoms with van der Waals surface area (Å²) in [6.07, 6.45) is 0.348. The van der Waals surface area contributed by atoms with Crippen molar-refractivity contribution in [2.45, 2.75) is 32.6 Å². The molecule has 2 aromatic carbocycles. The fraction of sp³-hybridized carbons (Fsp3) is 0.318. The molecule has 0 radical (unpaired) electrons. The molecule has 8 heteroatoms. The van der Waals surface area contributed by atoms with Crippen LogP contribution in [0.1, 0.15) is 24.6 Å². The number of ether oxygens (including phenoxy) is 1. The number of rotatable bonds is 6. The highest BCUT2D eigenvalue weighted by atomic mass is 35.5. The van der Waals surface area contributed by atoms with E-state index in [2.05, 4.69) is 15.2 Å². The van der Waals surface area contributed by atoms with Gasteiger partial charge < -0.3 is 20.1 Å². The minimum absolute atomic E-state index is 0.237. The van der Waals surface area contributed by atoms with Crippen LogP contribution >= 0.6 is 23.2 Å². The molecule has 158 valence electrons. The van der Waals surface area contributed by atoms with Gasteiger partial charge >= 0.3 is 0 Å². The number of nitrogens with zero attached hydrogens (tertiary/aromatic N) is 1. The molecule has 0 spiro atoms. The quantitative estimate of drug-likeness (QED) is 0.483. The molecule has 6 nitrogen and oxygen atoms in total. The Hall–Kier alpha value is -2.25. The lowest BCUT2D eigenvalue weighted by Crippen LogP contribution is -2.33. The van der Waals surface area contributed by atoms with Gasteiger partial charge in [-0.3, -0.25) is 9.69 Å². The second-order valence-electron chi connectivity index (χ2n) is 7.48. The summed E-state index contributed by atoms with van der Waals surface area (Å²) in [6, 6.07) is 10.8. The Morgan fingerprint density at radius 1 is 1.27 bits per heavy atom. The summed E-state index contributed by atoms with van der Waals surface area (Å²) < 4.78 is 5.66. The second kappa shape index (κ2) is 8.86. The maximum absolute atomic E-state index is 11.4. The number of aliphatic hydroxyl groups is 1. The molecule has 1 aliphatic heterocycles. The van der Waals surface area contributed by atoms with Gasteiger partial charge in [-0.05, 0) is 42.0 Å².